The van der Waals surface area contributed by atoms with Gasteiger partial charge in [-0.2, -0.15) is 4.99 Å². The van der Waals surface area contributed by atoms with E-state index >= 15 is 0 Å². The molecule has 0 fully saturated rings. The summed E-state index contributed by atoms with van der Waals surface area (Å²) in [6, 6.07) is -0.318. The molecule has 0 aliphatic heterocycles. The molecule has 1 aliphatic carbocycles. The Morgan fingerprint density at radius 1 is 1.50 bits per heavy atom. The fourth-order valence-electron chi connectivity index (χ4n) is 2.08. The molecule has 0 radical (unpaired) electrons. The van der Waals surface area contributed by atoms with E-state index in [-0.39, 0.29) is 12.1 Å². The molecule has 1 unspecified atom stereocenters. The molecule has 1 atom stereocenters. The monoisotopic (exact) mass is 224 g/mol. The molecule has 0 saturated heterocycles. The van der Waals surface area contributed by atoms with Crippen LogP contribution < -0.4 is 5.32 Å². The summed E-state index contributed by atoms with van der Waals surface area (Å²) in [5.74, 6) is 0. The summed E-state index contributed by atoms with van der Waals surface area (Å²) in [5, 5.41) is 12.1. The minimum Gasteiger partial charge on any atom is -0.392 e. The highest BCUT2D eigenvalue weighted by molar-refractivity contribution is 6.06. The lowest BCUT2D eigenvalue weighted by atomic mass is 10.0. The van der Waals surface area contributed by atoms with Gasteiger partial charge in [0.25, 0.3) is 0 Å². The van der Waals surface area contributed by atoms with Crippen LogP contribution in [0.1, 0.15) is 39.5 Å². The van der Waals surface area contributed by atoms with Crippen molar-refractivity contribution >= 4 is 11.7 Å². The van der Waals surface area contributed by atoms with Gasteiger partial charge < -0.3 is 10.4 Å². The smallest absolute Gasteiger partial charge is 0.340 e. The summed E-state index contributed by atoms with van der Waals surface area (Å²) in [5.41, 5.74) is 3.13. The molecule has 0 aromatic rings. The van der Waals surface area contributed by atoms with E-state index in [1.54, 1.807) is 7.05 Å². The molecule has 0 aromatic heterocycles. The van der Waals surface area contributed by atoms with Crippen LogP contribution in [0, 0.1) is 0 Å². The molecule has 0 saturated carbocycles. The average molecular weight is 224 g/mol. The van der Waals surface area contributed by atoms with Crippen molar-refractivity contribution in [3.05, 3.63) is 11.1 Å². The zero-order valence-corrected chi connectivity index (χ0v) is 10.2. The van der Waals surface area contributed by atoms with E-state index in [0.717, 1.165) is 30.5 Å². The van der Waals surface area contributed by atoms with Gasteiger partial charge in [0.1, 0.15) is 0 Å². The summed E-state index contributed by atoms with van der Waals surface area (Å²) in [6.07, 6.45) is 2.69. The van der Waals surface area contributed by atoms with Crippen molar-refractivity contribution in [2.45, 2.75) is 45.6 Å². The van der Waals surface area contributed by atoms with Gasteiger partial charge >= 0.3 is 6.03 Å². The van der Waals surface area contributed by atoms with Crippen LogP contribution in [0.15, 0.2) is 16.1 Å². The molecule has 1 rings (SSSR count). The van der Waals surface area contributed by atoms with E-state index in [9.17, 15) is 9.90 Å². The molecule has 0 bridgehead atoms. The van der Waals surface area contributed by atoms with Crippen molar-refractivity contribution in [2.24, 2.45) is 4.99 Å². The van der Waals surface area contributed by atoms with Crippen LogP contribution in [0.4, 0.5) is 4.79 Å². The number of nitrogens with one attached hydrogen (secondary N) is 1. The number of urea groups is 1. The number of rotatable bonds is 3. The maximum Gasteiger partial charge on any atom is 0.340 e. The Kier molecular flexibility index (Phi) is 4.68. The van der Waals surface area contributed by atoms with Crippen LogP contribution >= 0.6 is 0 Å². The fourth-order valence-corrected chi connectivity index (χ4v) is 2.08. The quantitative estimate of drug-likeness (QED) is 0.721. The summed E-state index contributed by atoms with van der Waals surface area (Å²) >= 11 is 0. The van der Waals surface area contributed by atoms with Gasteiger partial charge in [0.15, 0.2) is 0 Å². The molecule has 4 heteroatoms. The largest absolute Gasteiger partial charge is 0.392 e. The van der Waals surface area contributed by atoms with Crippen LogP contribution in [0.25, 0.3) is 0 Å². The standard InChI is InChI=1S/C12H20N2O2/c1-4-8-6-9(15)7-10(8)11(5-2)14-12(16)13-3/h9,15H,4-7H2,1-3H3,(H,13,16). The summed E-state index contributed by atoms with van der Waals surface area (Å²) < 4.78 is 0. The van der Waals surface area contributed by atoms with Crippen LogP contribution in [-0.2, 0) is 0 Å². The first-order chi connectivity index (χ1) is 7.62. The lowest BCUT2D eigenvalue weighted by molar-refractivity contribution is 0.186. The third kappa shape index (κ3) is 2.92. The Morgan fingerprint density at radius 3 is 2.69 bits per heavy atom. The van der Waals surface area contributed by atoms with Crippen molar-refractivity contribution < 1.29 is 9.90 Å². The van der Waals surface area contributed by atoms with Gasteiger partial charge in [-0.25, -0.2) is 4.79 Å². The van der Waals surface area contributed by atoms with Gasteiger partial charge in [0.05, 0.1) is 6.10 Å². The van der Waals surface area contributed by atoms with Gasteiger partial charge in [-0.1, -0.05) is 19.4 Å². The lowest BCUT2D eigenvalue weighted by Crippen LogP contribution is -2.16. The van der Waals surface area contributed by atoms with E-state index in [1.165, 1.54) is 5.57 Å². The van der Waals surface area contributed by atoms with Crippen molar-refractivity contribution in [3.63, 3.8) is 0 Å². The van der Waals surface area contributed by atoms with E-state index in [2.05, 4.69) is 17.2 Å². The average Bonchev–Trinajstić information content (AvgIpc) is 2.66. The highest BCUT2D eigenvalue weighted by Crippen LogP contribution is 2.30. The molecule has 0 spiro atoms. The summed E-state index contributed by atoms with van der Waals surface area (Å²) in [7, 11) is 1.57. The second-order valence-corrected chi connectivity index (χ2v) is 3.96. The Balaban J connectivity index is 2.96. The number of aliphatic imine (C=N–C) groups is 1. The molecule has 1 aliphatic rings. The predicted molar refractivity (Wildman–Crippen MR) is 64.7 cm³/mol. The highest BCUT2D eigenvalue weighted by atomic mass is 16.3. The van der Waals surface area contributed by atoms with Crippen LogP contribution in [0.3, 0.4) is 0 Å². The number of aliphatic hydroxyl groups is 1. The van der Waals surface area contributed by atoms with Gasteiger partial charge in [0, 0.05) is 19.2 Å². The molecule has 4 nitrogen and oxygen atoms in total. The zero-order valence-electron chi connectivity index (χ0n) is 10.2. The normalized spacial score (nSPS) is 21.5. The SMILES string of the molecule is CCC(=NC(=O)NC)C1=C(CC)CC(O)C1. The molecule has 0 heterocycles. The second kappa shape index (κ2) is 5.80. The Labute approximate surface area is 96.5 Å². The third-order valence-electron chi connectivity index (χ3n) is 2.91. The second-order valence-electron chi connectivity index (χ2n) is 3.96. The summed E-state index contributed by atoms with van der Waals surface area (Å²) in [6.45, 7) is 4.05. The topological polar surface area (TPSA) is 61.7 Å². The van der Waals surface area contributed by atoms with Crippen molar-refractivity contribution in [3.8, 4) is 0 Å². The lowest BCUT2D eigenvalue weighted by Gasteiger charge is -2.07. The molecule has 0 aromatic carbocycles. The minimum atomic E-state index is -0.318. The van der Waals surface area contributed by atoms with E-state index in [0.29, 0.717) is 6.42 Å². The highest BCUT2D eigenvalue weighted by Gasteiger charge is 2.24. The fraction of sp³-hybridized carbons (Fsp3) is 0.667. The summed E-state index contributed by atoms with van der Waals surface area (Å²) in [4.78, 5) is 15.3. The molecular formula is C12H20N2O2. The predicted octanol–water partition coefficient (Wildman–Crippen LogP) is 2.04. The van der Waals surface area contributed by atoms with E-state index < -0.39 is 0 Å². The molecule has 90 valence electrons. The first kappa shape index (κ1) is 12.9. The molecular weight excluding hydrogens is 204 g/mol. The molecule has 16 heavy (non-hydrogen) atoms. The number of hydrogen-bond acceptors (Lipinski definition) is 2. The van der Waals surface area contributed by atoms with Gasteiger partial charge in [-0.15, -0.1) is 0 Å². The Hall–Kier alpha value is -1.16. The van der Waals surface area contributed by atoms with Gasteiger partial charge in [-0.05, 0) is 24.8 Å². The van der Waals surface area contributed by atoms with Gasteiger partial charge in [-0.3, -0.25) is 0 Å². The maximum absolute atomic E-state index is 11.2. The third-order valence-corrected chi connectivity index (χ3v) is 2.91. The van der Waals surface area contributed by atoms with Gasteiger partial charge in [0.2, 0.25) is 0 Å². The molecule has 2 N–H and O–H groups in total. The number of carbonyl (C=O) groups is 1. The molecule has 2 amide bonds. The first-order valence-electron chi connectivity index (χ1n) is 5.80. The minimum absolute atomic E-state index is 0.300. The number of carbonyl (C=O) groups excluding carboxylic acids is 1. The Bertz CT molecular complexity index is 332. The van der Waals surface area contributed by atoms with E-state index in [1.807, 2.05) is 6.92 Å². The van der Waals surface area contributed by atoms with Crippen LogP contribution in [0.5, 0.6) is 0 Å². The van der Waals surface area contributed by atoms with Crippen molar-refractivity contribution in [1.29, 1.82) is 0 Å². The van der Waals surface area contributed by atoms with Crippen molar-refractivity contribution in [2.75, 3.05) is 7.05 Å². The van der Waals surface area contributed by atoms with Crippen LogP contribution in [-0.4, -0.2) is 30.0 Å². The zero-order chi connectivity index (χ0) is 12.1. The number of nitrogens with zero attached hydrogens (tertiary/aromatic N) is 1. The first-order valence-corrected chi connectivity index (χ1v) is 5.80. The van der Waals surface area contributed by atoms with E-state index in [4.69, 9.17) is 0 Å². The van der Waals surface area contributed by atoms with Crippen LogP contribution in [0.2, 0.25) is 0 Å². The number of amides is 2. The van der Waals surface area contributed by atoms with Crippen molar-refractivity contribution in [1.82, 2.24) is 5.32 Å². The Morgan fingerprint density at radius 2 is 2.19 bits per heavy atom. The number of hydrogen-bond donors (Lipinski definition) is 2. The maximum atomic E-state index is 11.2. The number of aliphatic hydroxyl groups excluding tert-OH is 1.